The van der Waals surface area contributed by atoms with E-state index in [1.165, 1.54) is 21.6 Å². The first-order valence-electron chi connectivity index (χ1n) is 10.4. The van der Waals surface area contributed by atoms with E-state index >= 15 is 0 Å². The maximum Gasteiger partial charge on any atom is 0.269 e. The molecule has 0 saturated carbocycles. The van der Waals surface area contributed by atoms with Gasteiger partial charge >= 0.3 is 0 Å². The van der Waals surface area contributed by atoms with Crippen molar-refractivity contribution < 1.29 is 14.4 Å². The van der Waals surface area contributed by atoms with Crippen LogP contribution in [0, 0.1) is 6.92 Å². The molecule has 1 saturated heterocycles. The van der Waals surface area contributed by atoms with E-state index < -0.39 is 4.87 Å². The van der Waals surface area contributed by atoms with Crippen molar-refractivity contribution in [3.63, 3.8) is 0 Å². The number of fused-ring (bicyclic) bond motifs is 2. The third kappa shape index (κ3) is 3.57. The molecule has 0 aliphatic carbocycles. The maximum atomic E-state index is 13.9. The average molecular weight is 478 g/mol. The monoisotopic (exact) mass is 477 g/mol. The Labute approximate surface area is 200 Å². The molecule has 1 spiro atoms. The van der Waals surface area contributed by atoms with Gasteiger partial charge in [0.05, 0.1) is 11.4 Å². The van der Waals surface area contributed by atoms with Gasteiger partial charge in [0.25, 0.3) is 5.91 Å². The van der Waals surface area contributed by atoms with Gasteiger partial charge in [0.2, 0.25) is 16.7 Å². The Balaban J connectivity index is 1.50. The summed E-state index contributed by atoms with van der Waals surface area (Å²) in [6.45, 7) is 1.81. The fraction of sp³-hybridized carbons (Fsp3) is 0.160. The third-order valence-electron chi connectivity index (χ3n) is 5.79. The predicted octanol–water partition coefficient (Wildman–Crippen LogP) is 4.57. The van der Waals surface area contributed by atoms with Crippen molar-refractivity contribution in [3.05, 3.63) is 88.9 Å². The highest BCUT2D eigenvalue weighted by molar-refractivity contribution is 8.02. The van der Waals surface area contributed by atoms with E-state index in [1.807, 2.05) is 55.5 Å². The molecule has 0 bridgehead atoms. The molecule has 2 aliphatic heterocycles. The van der Waals surface area contributed by atoms with E-state index in [-0.39, 0.29) is 30.0 Å². The van der Waals surface area contributed by atoms with Crippen molar-refractivity contribution in [3.8, 4) is 0 Å². The molecule has 166 valence electrons. The van der Waals surface area contributed by atoms with Crippen LogP contribution in [0.2, 0.25) is 5.02 Å². The fourth-order valence-corrected chi connectivity index (χ4v) is 5.77. The van der Waals surface area contributed by atoms with E-state index in [1.54, 1.807) is 24.3 Å². The van der Waals surface area contributed by atoms with Crippen molar-refractivity contribution in [2.24, 2.45) is 0 Å². The molecule has 3 amide bonds. The smallest absolute Gasteiger partial charge is 0.269 e. The van der Waals surface area contributed by atoms with Gasteiger partial charge in [0.15, 0.2) is 0 Å². The van der Waals surface area contributed by atoms with Gasteiger partial charge < -0.3 is 5.32 Å². The minimum absolute atomic E-state index is 0.158. The lowest BCUT2D eigenvalue weighted by Gasteiger charge is -2.33. The van der Waals surface area contributed by atoms with Gasteiger partial charge in [-0.2, -0.15) is 0 Å². The van der Waals surface area contributed by atoms with Crippen LogP contribution >= 0.6 is 23.4 Å². The predicted molar refractivity (Wildman–Crippen MR) is 132 cm³/mol. The Kier molecular flexibility index (Phi) is 5.38. The highest BCUT2D eigenvalue weighted by Gasteiger charge is 2.61. The van der Waals surface area contributed by atoms with Crippen LogP contribution < -0.4 is 15.1 Å². The van der Waals surface area contributed by atoms with Gasteiger partial charge in [-0.15, -0.1) is 11.8 Å². The Bertz CT molecular complexity index is 1260. The highest BCUT2D eigenvalue weighted by atomic mass is 35.5. The van der Waals surface area contributed by atoms with Crippen LogP contribution in [0.4, 0.5) is 17.1 Å². The van der Waals surface area contributed by atoms with E-state index in [0.717, 1.165) is 5.56 Å². The van der Waals surface area contributed by atoms with Crippen LogP contribution in [0.15, 0.2) is 72.8 Å². The number of aryl methyl sites for hydroxylation is 1. The van der Waals surface area contributed by atoms with Crippen LogP contribution in [0.5, 0.6) is 0 Å². The van der Waals surface area contributed by atoms with Crippen LogP contribution in [-0.4, -0.2) is 30.0 Å². The second-order valence-corrected chi connectivity index (χ2v) is 9.57. The largest absolute Gasteiger partial charge is 0.325 e. The summed E-state index contributed by atoms with van der Waals surface area (Å²) in [6, 6.07) is 21.6. The molecule has 0 unspecified atom stereocenters. The van der Waals surface area contributed by atoms with E-state index in [2.05, 4.69) is 5.32 Å². The second-order valence-electron chi connectivity index (χ2n) is 7.96. The lowest BCUT2D eigenvalue weighted by atomic mass is 10.0. The molecule has 3 aromatic carbocycles. The van der Waals surface area contributed by atoms with E-state index in [4.69, 9.17) is 11.6 Å². The Morgan fingerprint density at radius 2 is 1.73 bits per heavy atom. The number of nitrogens with one attached hydrogen (secondary N) is 1. The van der Waals surface area contributed by atoms with Crippen molar-refractivity contribution in [1.82, 2.24) is 0 Å². The number of carbonyl (C=O) groups excluding carboxylic acids is 3. The van der Waals surface area contributed by atoms with Gasteiger partial charge in [-0.1, -0.05) is 47.5 Å². The summed E-state index contributed by atoms with van der Waals surface area (Å²) in [6.07, 6.45) is 0. The molecule has 5 rings (SSSR count). The van der Waals surface area contributed by atoms with Crippen molar-refractivity contribution in [1.29, 1.82) is 0 Å². The summed E-state index contributed by atoms with van der Waals surface area (Å²) in [5, 5.41) is 3.39. The number of amides is 3. The molecule has 1 atom stereocenters. The van der Waals surface area contributed by atoms with Crippen molar-refractivity contribution >= 4 is 58.1 Å². The first-order valence-corrected chi connectivity index (χ1v) is 11.8. The van der Waals surface area contributed by atoms with Crippen molar-refractivity contribution in [2.75, 3.05) is 27.4 Å². The zero-order valence-corrected chi connectivity index (χ0v) is 19.3. The van der Waals surface area contributed by atoms with Gasteiger partial charge in [-0.3, -0.25) is 24.2 Å². The second kappa shape index (κ2) is 8.24. The molecular formula is C25H20ClN3O3S. The molecule has 2 heterocycles. The minimum atomic E-state index is -1.26. The molecule has 3 aromatic rings. The van der Waals surface area contributed by atoms with Crippen LogP contribution in [0.25, 0.3) is 0 Å². The number of para-hydroxylation sites is 1. The lowest BCUT2D eigenvalue weighted by Crippen LogP contribution is -2.50. The number of hydrogen-bond donors (Lipinski definition) is 1. The number of nitrogens with zero attached hydrogens (tertiary/aromatic N) is 2. The van der Waals surface area contributed by atoms with Crippen LogP contribution in [0.1, 0.15) is 11.1 Å². The van der Waals surface area contributed by atoms with Crippen molar-refractivity contribution in [2.45, 2.75) is 11.8 Å². The van der Waals surface area contributed by atoms with E-state index in [0.29, 0.717) is 27.6 Å². The normalized spacial score (nSPS) is 19.3. The number of halogens is 1. The molecule has 2 aliphatic rings. The van der Waals surface area contributed by atoms with Crippen LogP contribution in [0.3, 0.4) is 0 Å². The number of thioether (sulfide) groups is 1. The lowest BCUT2D eigenvalue weighted by molar-refractivity contribution is -0.124. The topological polar surface area (TPSA) is 69.7 Å². The molecular weight excluding hydrogens is 458 g/mol. The molecule has 1 fully saturated rings. The number of hydrogen-bond acceptors (Lipinski definition) is 4. The number of anilines is 3. The highest BCUT2D eigenvalue weighted by Crippen LogP contribution is 2.55. The number of carbonyl (C=O) groups is 3. The maximum absolute atomic E-state index is 13.9. The SMILES string of the molecule is Cc1ccc(NC(=O)CN2C(=O)[C@@]3(SCC(=O)N3c3ccc(Cl)cc3)c3ccccc32)cc1. The average Bonchev–Trinajstić information content (AvgIpc) is 3.27. The first-order chi connectivity index (χ1) is 15.9. The molecule has 6 nitrogen and oxygen atoms in total. The van der Waals surface area contributed by atoms with Gasteiger partial charge in [-0.25, -0.2) is 0 Å². The molecule has 33 heavy (non-hydrogen) atoms. The molecule has 0 radical (unpaired) electrons. The number of rotatable bonds is 4. The summed E-state index contributed by atoms with van der Waals surface area (Å²) >= 11 is 7.32. The quantitative estimate of drug-likeness (QED) is 0.597. The zero-order chi connectivity index (χ0) is 23.2. The van der Waals surface area contributed by atoms with E-state index in [9.17, 15) is 14.4 Å². The number of benzene rings is 3. The van der Waals surface area contributed by atoms with Gasteiger partial charge in [0.1, 0.15) is 6.54 Å². The molecule has 8 heteroatoms. The summed E-state index contributed by atoms with van der Waals surface area (Å²) in [4.78, 5) is 41.5. The Hall–Kier alpha value is -3.29. The van der Waals surface area contributed by atoms with Crippen LogP contribution in [-0.2, 0) is 19.3 Å². The minimum Gasteiger partial charge on any atom is -0.325 e. The van der Waals surface area contributed by atoms with Gasteiger partial charge in [0, 0.05) is 22.0 Å². The fourth-order valence-electron chi connectivity index (χ4n) is 4.28. The standard InChI is InChI=1S/C25H20ClN3O3S/c1-16-6-10-18(11-7-16)27-22(30)14-28-21-5-3-2-4-20(21)25(24(28)32)29(23(31)15-33-25)19-12-8-17(26)9-13-19/h2-13H,14-15H2,1H3,(H,27,30)/t25-/m0/s1. The summed E-state index contributed by atoms with van der Waals surface area (Å²) in [5.74, 6) is -0.636. The third-order valence-corrected chi connectivity index (χ3v) is 7.42. The Morgan fingerprint density at radius 3 is 2.45 bits per heavy atom. The first kappa shape index (κ1) is 21.6. The molecule has 0 aromatic heterocycles. The molecule has 1 N–H and O–H groups in total. The Morgan fingerprint density at radius 1 is 1.03 bits per heavy atom. The summed E-state index contributed by atoms with van der Waals surface area (Å²) < 4.78 is 0. The summed E-state index contributed by atoms with van der Waals surface area (Å²) in [7, 11) is 0. The zero-order valence-electron chi connectivity index (χ0n) is 17.7. The van der Waals surface area contributed by atoms with Gasteiger partial charge in [-0.05, 0) is 49.4 Å². The summed E-state index contributed by atoms with van der Waals surface area (Å²) in [5.41, 5.74) is 3.66.